The molecular weight excluding hydrogens is 516 g/mol. The third-order valence-corrected chi connectivity index (χ3v) is 5.87. The summed E-state index contributed by atoms with van der Waals surface area (Å²) in [4.78, 5) is 28.4. The van der Waals surface area contributed by atoms with E-state index in [9.17, 15) is 9.59 Å². The van der Waals surface area contributed by atoms with Crippen molar-refractivity contribution in [2.75, 3.05) is 6.61 Å². The Morgan fingerprint density at radius 3 is 2.29 bits per heavy atom. The number of hydrogen-bond donors (Lipinski definition) is 1. The Kier molecular flexibility index (Phi) is 9.54. The number of nitrogens with one attached hydrogen (secondary N) is 1. The molecule has 3 rings (SSSR count). The quantitative estimate of drug-likeness (QED) is 0.360. The van der Waals surface area contributed by atoms with Crippen molar-refractivity contribution in [3.8, 4) is 5.75 Å². The molecule has 0 aliphatic heterocycles. The first-order valence-corrected chi connectivity index (χ1v) is 12.3. The van der Waals surface area contributed by atoms with Gasteiger partial charge in [-0.25, -0.2) is 0 Å². The number of carbonyl (C=O) groups excluding carboxylic acids is 2. The predicted octanol–water partition coefficient (Wildman–Crippen LogP) is 5.65. The van der Waals surface area contributed by atoms with Crippen molar-refractivity contribution in [2.45, 2.75) is 38.9 Å². The van der Waals surface area contributed by atoms with Gasteiger partial charge in [0.25, 0.3) is 5.91 Å². The van der Waals surface area contributed by atoms with E-state index in [1.165, 1.54) is 0 Å². The van der Waals surface area contributed by atoms with Crippen LogP contribution in [-0.2, 0) is 22.6 Å². The minimum Gasteiger partial charge on any atom is -0.484 e. The molecular formula is C27H28BrClN2O3. The van der Waals surface area contributed by atoms with Crippen molar-refractivity contribution < 1.29 is 14.3 Å². The molecule has 5 nitrogen and oxygen atoms in total. The second kappa shape index (κ2) is 12.6. The monoisotopic (exact) mass is 542 g/mol. The minimum absolute atomic E-state index is 0.0566. The van der Waals surface area contributed by atoms with Gasteiger partial charge in [-0.05, 0) is 61.4 Å². The molecule has 0 saturated carbocycles. The van der Waals surface area contributed by atoms with Gasteiger partial charge in [0.1, 0.15) is 11.8 Å². The zero-order valence-electron chi connectivity index (χ0n) is 19.2. The van der Waals surface area contributed by atoms with Gasteiger partial charge in [0.15, 0.2) is 6.61 Å². The summed E-state index contributed by atoms with van der Waals surface area (Å²) >= 11 is 9.43. The van der Waals surface area contributed by atoms with E-state index in [0.717, 1.165) is 15.6 Å². The van der Waals surface area contributed by atoms with Gasteiger partial charge >= 0.3 is 0 Å². The highest BCUT2D eigenvalue weighted by molar-refractivity contribution is 9.10. The van der Waals surface area contributed by atoms with E-state index >= 15 is 0 Å². The van der Waals surface area contributed by atoms with Gasteiger partial charge in [-0.3, -0.25) is 9.59 Å². The third kappa shape index (κ3) is 7.89. The molecule has 0 aliphatic carbocycles. The van der Waals surface area contributed by atoms with Crippen LogP contribution >= 0.6 is 27.5 Å². The summed E-state index contributed by atoms with van der Waals surface area (Å²) in [7, 11) is 0. The number of amides is 2. The Morgan fingerprint density at radius 2 is 1.65 bits per heavy atom. The Bertz CT molecular complexity index is 1090. The molecule has 0 aromatic heterocycles. The first kappa shape index (κ1) is 25.8. The van der Waals surface area contributed by atoms with Crippen molar-refractivity contribution in [1.29, 1.82) is 0 Å². The third-order valence-electron chi connectivity index (χ3n) is 5.12. The lowest BCUT2D eigenvalue weighted by Crippen LogP contribution is -2.52. The number of nitrogens with zero attached hydrogens (tertiary/aromatic N) is 1. The SMILES string of the molecule is CC(C)NC(=O)[C@@H](Cc1ccccc1)N(Cc1cccc(Br)c1)C(=O)COc1ccc(Cl)cc1. The lowest BCUT2D eigenvalue weighted by molar-refractivity contribution is -0.143. The van der Waals surface area contributed by atoms with Gasteiger partial charge in [0.05, 0.1) is 0 Å². The molecule has 0 radical (unpaired) electrons. The normalized spacial score (nSPS) is 11.7. The van der Waals surface area contributed by atoms with E-state index in [2.05, 4.69) is 21.2 Å². The molecule has 0 heterocycles. The van der Waals surface area contributed by atoms with Gasteiger partial charge in [0, 0.05) is 28.5 Å². The summed E-state index contributed by atoms with van der Waals surface area (Å²) in [5.74, 6) is 0.0508. The van der Waals surface area contributed by atoms with Crippen LogP contribution in [0.3, 0.4) is 0 Å². The largest absolute Gasteiger partial charge is 0.484 e. The van der Waals surface area contributed by atoms with E-state index in [0.29, 0.717) is 17.2 Å². The molecule has 0 fully saturated rings. The smallest absolute Gasteiger partial charge is 0.261 e. The Balaban J connectivity index is 1.90. The summed E-state index contributed by atoms with van der Waals surface area (Å²) in [6.45, 7) is 3.88. The van der Waals surface area contributed by atoms with Crippen LogP contribution in [0.1, 0.15) is 25.0 Å². The van der Waals surface area contributed by atoms with E-state index in [4.69, 9.17) is 16.3 Å². The molecule has 1 N–H and O–H groups in total. The predicted molar refractivity (Wildman–Crippen MR) is 139 cm³/mol. The first-order chi connectivity index (χ1) is 16.3. The van der Waals surface area contributed by atoms with Crippen molar-refractivity contribution in [1.82, 2.24) is 10.2 Å². The molecule has 0 spiro atoms. The molecule has 3 aromatic rings. The lowest BCUT2D eigenvalue weighted by Gasteiger charge is -2.32. The van der Waals surface area contributed by atoms with E-state index in [-0.39, 0.29) is 31.0 Å². The molecule has 0 aliphatic rings. The average molecular weight is 544 g/mol. The summed E-state index contributed by atoms with van der Waals surface area (Å²) in [5, 5.41) is 3.56. The average Bonchev–Trinajstić information content (AvgIpc) is 2.81. The Labute approximate surface area is 214 Å². The van der Waals surface area contributed by atoms with Crippen LogP contribution in [0.4, 0.5) is 0 Å². The number of halogens is 2. The van der Waals surface area contributed by atoms with Gasteiger partial charge in [-0.15, -0.1) is 0 Å². The van der Waals surface area contributed by atoms with E-state index in [1.807, 2.05) is 68.4 Å². The lowest BCUT2D eigenvalue weighted by atomic mass is 10.0. The van der Waals surface area contributed by atoms with Gasteiger partial charge in [-0.2, -0.15) is 0 Å². The minimum atomic E-state index is -0.704. The van der Waals surface area contributed by atoms with Crippen LogP contribution in [0, 0.1) is 0 Å². The maximum absolute atomic E-state index is 13.5. The number of hydrogen-bond acceptors (Lipinski definition) is 3. The van der Waals surface area contributed by atoms with E-state index < -0.39 is 6.04 Å². The fourth-order valence-corrected chi connectivity index (χ4v) is 4.10. The zero-order chi connectivity index (χ0) is 24.5. The fourth-order valence-electron chi connectivity index (χ4n) is 3.53. The number of benzene rings is 3. The first-order valence-electron chi connectivity index (χ1n) is 11.1. The topological polar surface area (TPSA) is 58.6 Å². The van der Waals surface area contributed by atoms with Crippen LogP contribution in [0.25, 0.3) is 0 Å². The second-order valence-electron chi connectivity index (χ2n) is 8.26. The molecule has 1 atom stereocenters. The van der Waals surface area contributed by atoms with Crippen LogP contribution in [0.15, 0.2) is 83.3 Å². The molecule has 34 heavy (non-hydrogen) atoms. The highest BCUT2D eigenvalue weighted by Gasteiger charge is 2.31. The number of rotatable bonds is 10. The van der Waals surface area contributed by atoms with Crippen LogP contribution in [0.5, 0.6) is 5.75 Å². The number of ether oxygens (including phenoxy) is 1. The highest BCUT2D eigenvalue weighted by Crippen LogP contribution is 2.19. The summed E-state index contributed by atoms with van der Waals surface area (Å²) < 4.78 is 6.64. The van der Waals surface area contributed by atoms with E-state index in [1.54, 1.807) is 29.2 Å². The van der Waals surface area contributed by atoms with Crippen LogP contribution in [0.2, 0.25) is 5.02 Å². The maximum Gasteiger partial charge on any atom is 0.261 e. The second-order valence-corrected chi connectivity index (χ2v) is 9.62. The van der Waals surface area contributed by atoms with Gasteiger partial charge in [-0.1, -0.05) is 70.0 Å². The maximum atomic E-state index is 13.5. The summed E-state index contributed by atoms with van der Waals surface area (Å²) in [6, 6.07) is 23.5. The molecule has 3 aromatic carbocycles. The molecule has 7 heteroatoms. The van der Waals surface area contributed by atoms with Gasteiger partial charge < -0.3 is 15.0 Å². The van der Waals surface area contributed by atoms with Crippen molar-refractivity contribution >= 4 is 39.3 Å². The fraction of sp³-hybridized carbons (Fsp3) is 0.259. The summed E-state index contributed by atoms with van der Waals surface area (Å²) in [6.07, 6.45) is 0.389. The molecule has 178 valence electrons. The van der Waals surface area contributed by atoms with Gasteiger partial charge in [0.2, 0.25) is 5.91 Å². The molecule has 0 bridgehead atoms. The van der Waals surface area contributed by atoms with Crippen molar-refractivity contribution in [3.63, 3.8) is 0 Å². The van der Waals surface area contributed by atoms with Crippen molar-refractivity contribution in [2.24, 2.45) is 0 Å². The molecule has 0 saturated heterocycles. The van der Waals surface area contributed by atoms with Crippen LogP contribution < -0.4 is 10.1 Å². The zero-order valence-corrected chi connectivity index (χ0v) is 21.6. The van der Waals surface area contributed by atoms with Crippen molar-refractivity contribution in [3.05, 3.63) is 99.5 Å². The van der Waals surface area contributed by atoms with Crippen LogP contribution in [-0.4, -0.2) is 35.4 Å². The Hall–Kier alpha value is -2.83. The number of carbonyl (C=O) groups is 2. The standard InChI is InChI=1S/C27H28BrClN2O3/c1-19(2)30-27(33)25(16-20-7-4-3-5-8-20)31(17-21-9-6-10-22(28)15-21)26(32)18-34-24-13-11-23(29)12-14-24/h3-15,19,25H,16-18H2,1-2H3,(H,30,33)/t25-/m1/s1. The molecule has 0 unspecified atom stereocenters. The Morgan fingerprint density at radius 1 is 0.971 bits per heavy atom. The summed E-state index contributed by atoms with van der Waals surface area (Å²) in [5.41, 5.74) is 1.88. The molecule has 2 amide bonds. The highest BCUT2D eigenvalue weighted by atomic mass is 79.9.